The maximum atomic E-state index is 13.0. The van der Waals surface area contributed by atoms with Gasteiger partial charge in [0, 0.05) is 32.1 Å². The Bertz CT molecular complexity index is 776. The molecule has 1 amide bonds. The number of rotatable bonds is 4. The zero-order chi connectivity index (χ0) is 18.0. The molecule has 3 rings (SSSR count). The van der Waals surface area contributed by atoms with Gasteiger partial charge in [-0.2, -0.15) is 0 Å². The van der Waals surface area contributed by atoms with E-state index in [2.05, 4.69) is 21.8 Å². The third-order valence-electron chi connectivity index (χ3n) is 4.61. The molecule has 0 unspecified atom stereocenters. The fraction of sp³-hybridized carbons (Fsp3) is 0.421. The summed E-state index contributed by atoms with van der Waals surface area (Å²) in [6.07, 6.45) is 1.01. The molecule has 5 nitrogen and oxygen atoms in total. The topological polar surface area (TPSA) is 49.3 Å². The lowest BCUT2D eigenvalue weighted by Crippen LogP contribution is -2.38. The van der Waals surface area contributed by atoms with Crippen molar-refractivity contribution in [2.45, 2.75) is 33.2 Å². The van der Waals surface area contributed by atoms with Crippen LogP contribution in [0.2, 0.25) is 0 Å². The number of amides is 1. The molecular formula is C19H23FN4O. The van der Waals surface area contributed by atoms with Gasteiger partial charge in [-0.1, -0.05) is 12.1 Å². The molecule has 2 heterocycles. The highest BCUT2D eigenvalue weighted by atomic mass is 19.1. The number of carbonyl (C=O) groups is 1. The summed E-state index contributed by atoms with van der Waals surface area (Å²) in [5, 5.41) is 0. The van der Waals surface area contributed by atoms with Crippen LogP contribution in [0.15, 0.2) is 24.3 Å². The molecule has 0 atom stereocenters. The number of benzene rings is 1. The van der Waals surface area contributed by atoms with Crippen molar-refractivity contribution in [3.05, 3.63) is 52.7 Å². The van der Waals surface area contributed by atoms with Crippen molar-refractivity contribution < 1.29 is 9.18 Å². The number of aromatic nitrogens is 2. The van der Waals surface area contributed by atoms with Crippen molar-refractivity contribution in [2.24, 2.45) is 0 Å². The number of anilines is 1. The van der Waals surface area contributed by atoms with Gasteiger partial charge in [0.1, 0.15) is 17.5 Å². The fourth-order valence-corrected chi connectivity index (χ4v) is 3.08. The largest absolute Gasteiger partial charge is 0.360 e. The first-order chi connectivity index (χ1) is 12.0. The molecule has 0 aliphatic carbocycles. The van der Waals surface area contributed by atoms with Crippen molar-refractivity contribution in [1.82, 2.24) is 14.9 Å². The number of hydrogen-bond acceptors (Lipinski definition) is 4. The Labute approximate surface area is 147 Å². The molecule has 0 radical (unpaired) electrons. The third-order valence-corrected chi connectivity index (χ3v) is 4.61. The highest BCUT2D eigenvalue weighted by Crippen LogP contribution is 2.26. The van der Waals surface area contributed by atoms with Gasteiger partial charge in [-0.05, 0) is 31.5 Å². The molecule has 0 N–H and O–H groups in total. The van der Waals surface area contributed by atoms with E-state index in [1.165, 1.54) is 12.1 Å². The SMILES string of the molecule is CCN(C)c1nc(C)nc2c1CN(C(=O)Cc1ccc(F)cc1)CC2. The molecule has 25 heavy (non-hydrogen) atoms. The van der Waals surface area contributed by atoms with E-state index in [4.69, 9.17) is 0 Å². The molecule has 132 valence electrons. The molecule has 2 aromatic rings. The Morgan fingerprint density at radius 1 is 1.28 bits per heavy atom. The normalized spacial score (nSPS) is 13.5. The van der Waals surface area contributed by atoms with Crippen molar-refractivity contribution in [1.29, 1.82) is 0 Å². The summed E-state index contributed by atoms with van der Waals surface area (Å²) in [6.45, 7) is 5.99. The van der Waals surface area contributed by atoms with Crippen LogP contribution in [0.5, 0.6) is 0 Å². The zero-order valence-corrected chi connectivity index (χ0v) is 14.9. The monoisotopic (exact) mass is 342 g/mol. The average Bonchev–Trinajstić information content (AvgIpc) is 2.61. The van der Waals surface area contributed by atoms with Gasteiger partial charge in [-0.15, -0.1) is 0 Å². The van der Waals surface area contributed by atoms with Crippen LogP contribution in [-0.2, 0) is 24.2 Å². The van der Waals surface area contributed by atoms with E-state index in [0.717, 1.165) is 41.4 Å². The summed E-state index contributed by atoms with van der Waals surface area (Å²) in [7, 11) is 2.00. The van der Waals surface area contributed by atoms with Crippen LogP contribution in [0.25, 0.3) is 0 Å². The van der Waals surface area contributed by atoms with E-state index in [-0.39, 0.29) is 18.1 Å². The number of fused-ring (bicyclic) bond motifs is 1. The van der Waals surface area contributed by atoms with Crippen LogP contribution in [0, 0.1) is 12.7 Å². The van der Waals surface area contributed by atoms with Gasteiger partial charge in [0.15, 0.2) is 0 Å². The van der Waals surface area contributed by atoms with E-state index in [1.807, 2.05) is 18.9 Å². The van der Waals surface area contributed by atoms with Crippen LogP contribution >= 0.6 is 0 Å². The highest BCUT2D eigenvalue weighted by Gasteiger charge is 2.26. The van der Waals surface area contributed by atoms with Gasteiger partial charge in [-0.3, -0.25) is 4.79 Å². The summed E-state index contributed by atoms with van der Waals surface area (Å²) in [5.74, 6) is 1.43. The molecule has 1 aromatic heterocycles. The summed E-state index contributed by atoms with van der Waals surface area (Å²) < 4.78 is 13.0. The minimum atomic E-state index is -0.289. The van der Waals surface area contributed by atoms with Gasteiger partial charge >= 0.3 is 0 Å². The summed E-state index contributed by atoms with van der Waals surface area (Å²) >= 11 is 0. The van der Waals surface area contributed by atoms with E-state index in [9.17, 15) is 9.18 Å². The molecule has 0 saturated heterocycles. The lowest BCUT2D eigenvalue weighted by Gasteiger charge is -2.31. The van der Waals surface area contributed by atoms with Crippen molar-refractivity contribution in [2.75, 3.05) is 25.0 Å². The Kier molecular flexibility index (Phi) is 4.97. The number of carbonyl (C=O) groups excluding carboxylic acids is 1. The first-order valence-electron chi connectivity index (χ1n) is 8.57. The summed E-state index contributed by atoms with van der Waals surface area (Å²) in [6, 6.07) is 6.10. The Balaban J connectivity index is 1.80. The smallest absolute Gasteiger partial charge is 0.227 e. The minimum absolute atomic E-state index is 0.0444. The van der Waals surface area contributed by atoms with Gasteiger partial charge < -0.3 is 9.80 Å². The molecule has 6 heteroatoms. The van der Waals surface area contributed by atoms with Gasteiger partial charge in [0.25, 0.3) is 0 Å². The van der Waals surface area contributed by atoms with E-state index in [1.54, 1.807) is 12.1 Å². The Hall–Kier alpha value is -2.50. The van der Waals surface area contributed by atoms with Crippen LogP contribution in [0.4, 0.5) is 10.2 Å². The summed E-state index contributed by atoms with van der Waals surface area (Å²) in [4.78, 5) is 25.7. The van der Waals surface area contributed by atoms with Crippen LogP contribution in [0.3, 0.4) is 0 Å². The lowest BCUT2D eigenvalue weighted by molar-refractivity contribution is -0.131. The predicted octanol–water partition coefficient (Wildman–Crippen LogP) is 2.51. The molecule has 0 fully saturated rings. The zero-order valence-electron chi connectivity index (χ0n) is 14.9. The molecule has 1 aromatic carbocycles. The predicted molar refractivity (Wildman–Crippen MR) is 94.9 cm³/mol. The van der Waals surface area contributed by atoms with Crippen molar-refractivity contribution in [3.63, 3.8) is 0 Å². The quantitative estimate of drug-likeness (QED) is 0.857. The first kappa shape index (κ1) is 17.3. The van der Waals surface area contributed by atoms with Gasteiger partial charge in [-0.25, -0.2) is 14.4 Å². The second kappa shape index (κ2) is 7.17. The van der Waals surface area contributed by atoms with Gasteiger partial charge in [0.2, 0.25) is 5.91 Å². The first-order valence-corrected chi connectivity index (χ1v) is 8.57. The van der Waals surface area contributed by atoms with Crippen LogP contribution in [0.1, 0.15) is 29.6 Å². The maximum absolute atomic E-state index is 13.0. The molecular weight excluding hydrogens is 319 g/mol. The third kappa shape index (κ3) is 3.78. The minimum Gasteiger partial charge on any atom is -0.360 e. The second-order valence-corrected chi connectivity index (χ2v) is 6.40. The van der Waals surface area contributed by atoms with Gasteiger partial charge in [0.05, 0.1) is 18.7 Å². The summed E-state index contributed by atoms with van der Waals surface area (Å²) in [5.41, 5.74) is 2.89. The Morgan fingerprint density at radius 2 is 2.00 bits per heavy atom. The van der Waals surface area contributed by atoms with Crippen LogP contribution < -0.4 is 4.90 Å². The molecule has 0 bridgehead atoms. The second-order valence-electron chi connectivity index (χ2n) is 6.40. The standard InChI is InChI=1S/C19H23FN4O/c1-4-23(3)19-16-12-24(10-9-17(16)21-13(2)22-19)18(25)11-14-5-7-15(20)8-6-14/h5-8H,4,9-12H2,1-3H3. The molecule has 0 spiro atoms. The molecule has 0 saturated carbocycles. The van der Waals surface area contributed by atoms with Crippen molar-refractivity contribution in [3.8, 4) is 0 Å². The maximum Gasteiger partial charge on any atom is 0.227 e. The number of aryl methyl sites for hydroxylation is 1. The van der Waals surface area contributed by atoms with E-state index in [0.29, 0.717) is 13.1 Å². The average molecular weight is 342 g/mol. The molecule has 1 aliphatic heterocycles. The van der Waals surface area contributed by atoms with Crippen molar-refractivity contribution >= 4 is 11.7 Å². The van der Waals surface area contributed by atoms with E-state index >= 15 is 0 Å². The number of hydrogen-bond donors (Lipinski definition) is 0. The molecule has 1 aliphatic rings. The number of nitrogens with zero attached hydrogens (tertiary/aromatic N) is 4. The van der Waals surface area contributed by atoms with Crippen LogP contribution in [-0.4, -0.2) is 40.9 Å². The highest BCUT2D eigenvalue weighted by molar-refractivity contribution is 5.79. The Morgan fingerprint density at radius 3 is 2.68 bits per heavy atom. The lowest BCUT2D eigenvalue weighted by atomic mass is 10.0. The number of halogens is 1. The van der Waals surface area contributed by atoms with E-state index < -0.39 is 0 Å². The fourth-order valence-electron chi connectivity index (χ4n) is 3.08.